The lowest BCUT2D eigenvalue weighted by atomic mass is 9.76. The molecule has 1 N–H and O–H groups in total. The van der Waals surface area contributed by atoms with Gasteiger partial charge in [0, 0.05) is 18.8 Å². The second-order valence-electron chi connectivity index (χ2n) is 6.25. The molecule has 2 rings (SSSR count). The number of aryl methyl sites for hydroxylation is 1. The quantitative estimate of drug-likeness (QED) is 0.850. The minimum atomic E-state index is 0.588. The van der Waals surface area contributed by atoms with Crippen LogP contribution in [-0.2, 0) is 6.54 Å². The number of nitrogens with zero attached hydrogens (tertiary/aromatic N) is 2. The first-order chi connectivity index (χ1) is 9.20. The Morgan fingerprint density at radius 3 is 2.89 bits per heavy atom. The van der Waals surface area contributed by atoms with E-state index < -0.39 is 0 Å². The van der Waals surface area contributed by atoms with Gasteiger partial charge in [0.05, 0.1) is 6.20 Å². The van der Waals surface area contributed by atoms with Crippen molar-refractivity contribution in [3.63, 3.8) is 0 Å². The van der Waals surface area contributed by atoms with Crippen LogP contribution in [0.4, 0.5) is 0 Å². The van der Waals surface area contributed by atoms with Gasteiger partial charge in [0.15, 0.2) is 0 Å². The zero-order valence-corrected chi connectivity index (χ0v) is 12.7. The first-order valence-corrected chi connectivity index (χ1v) is 7.96. The molecule has 0 spiro atoms. The van der Waals surface area contributed by atoms with Gasteiger partial charge in [-0.25, -0.2) is 0 Å². The molecule has 1 aromatic heterocycles. The summed E-state index contributed by atoms with van der Waals surface area (Å²) >= 11 is 0. The van der Waals surface area contributed by atoms with E-state index in [1.165, 1.54) is 31.2 Å². The predicted octanol–water partition coefficient (Wildman–Crippen LogP) is 3.56. The summed E-state index contributed by atoms with van der Waals surface area (Å²) in [6, 6.07) is 0.588. The maximum atomic E-state index is 4.51. The van der Waals surface area contributed by atoms with Crippen LogP contribution in [0.15, 0.2) is 12.4 Å². The minimum Gasteiger partial charge on any atom is -0.314 e. The molecule has 0 aliphatic heterocycles. The summed E-state index contributed by atoms with van der Waals surface area (Å²) in [5.74, 6) is 1.50. The molecule has 1 aliphatic carbocycles. The molecule has 1 aromatic rings. The Morgan fingerprint density at radius 2 is 2.16 bits per heavy atom. The molecule has 1 saturated carbocycles. The summed E-state index contributed by atoms with van der Waals surface area (Å²) in [5, 5.41) is 8.13. The summed E-state index contributed by atoms with van der Waals surface area (Å²) in [6.45, 7) is 8.87. The van der Waals surface area contributed by atoms with Crippen molar-refractivity contribution >= 4 is 0 Å². The zero-order chi connectivity index (χ0) is 13.7. The third kappa shape index (κ3) is 4.07. The van der Waals surface area contributed by atoms with Gasteiger partial charge in [0.2, 0.25) is 0 Å². The second kappa shape index (κ2) is 7.09. The van der Waals surface area contributed by atoms with E-state index in [1.54, 1.807) is 0 Å². The number of nitrogens with one attached hydrogen (secondary N) is 1. The highest BCUT2D eigenvalue weighted by molar-refractivity contribution is 5.14. The van der Waals surface area contributed by atoms with Gasteiger partial charge in [-0.3, -0.25) is 4.68 Å². The smallest absolute Gasteiger partial charge is 0.0524 e. The van der Waals surface area contributed by atoms with Gasteiger partial charge in [-0.1, -0.05) is 33.6 Å². The van der Waals surface area contributed by atoms with Crippen molar-refractivity contribution < 1.29 is 0 Å². The number of rotatable bonds is 6. The van der Waals surface area contributed by atoms with Gasteiger partial charge in [0.1, 0.15) is 0 Å². The predicted molar refractivity (Wildman–Crippen MR) is 80.4 cm³/mol. The van der Waals surface area contributed by atoms with Gasteiger partial charge in [-0.05, 0) is 43.2 Å². The molecule has 0 amide bonds. The van der Waals surface area contributed by atoms with Crippen LogP contribution >= 0.6 is 0 Å². The van der Waals surface area contributed by atoms with Crippen molar-refractivity contribution in [2.45, 2.75) is 71.4 Å². The lowest BCUT2D eigenvalue weighted by molar-refractivity contribution is 0.289. The average Bonchev–Trinajstić information content (AvgIpc) is 2.85. The minimum absolute atomic E-state index is 0.588. The first kappa shape index (κ1) is 14.6. The molecule has 1 aliphatic rings. The average molecular weight is 263 g/mol. The lowest BCUT2D eigenvalue weighted by Crippen LogP contribution is -2.33. The third-order valence-electron chi connectivity index (χ3n) is 4.23. The largest absolute Gasteiger partial charge is 0.314 e. The van der Waals surface area contributed by atoms with Crippen LogP contribution in [0.25, 0.3) is 0 Å². The van der Waals surface area contributed by atoms with E-state index in [4.69, 9.17) is 0 Å². The highest BCUT2D eigenvalue weighted by Gasteiger charge is 2.27. The maximum Gasteiger partial charge on any atom is 0.0524 e. The summed E-state index contributed by atoms with van der Waals surface area (Å²) in [6.07, 6.45) is 11.0. The van der Waals surface area contributed by atoms with Gasteiger partial charge in [0.25, 0.3) is 0 Å². The molecule has 3 heteroatoms. The van der Waals surface area contributed by atoms with E-state index in [0.29, 0.717) is 12.0 Å². The molecule has 3 nitrogen and oxygen atoms in total. The van der Waals surface area contributed by atoms with Crippen LogP contribution in [0, 0.1) is 5.92 Å². The van der Waals surface area contributed by atoms with Crippen molar-refractivity contribution in [3.8, 4) is 0 Å². The second-order valence-corrected chi connectivity index (χ2v) is 6.25. The monoisotopic (exact) mass is 263 g/mol. The third-order valence-corrected chi connectivity index (χ3v) is 4.23. The van der Waals surface area contributed by atoms with Crippen LogP contribution in [-0.4, -0.2) is 22.4 Å². The van der Waals surface area contributed by atoms with E-state index in [2.05, 4.69) is 48.3 Å². The molecule has 0 saturated heterocycles. The highest BCUT2D eigenvalue weighted by Crippen LogP contribution is 2.37. The van der Waals surface area contributed by atoms with Gasteiger partial charge in [-0.15, -0.1) is 0 Å². The summed E-state index contributed by atoms with van der Waals surface area (Å²) in [4.78, 5) is 0. The Hall–Kier alpha value is -0.830. The van der Waals surface area contributed by atoms with E-state index in [-0.39, 0.29) is 0 Å². The number of aromatic nitrogens is 2. The van der Waals surface area contributed by atoms with Crippen LogP contribution in [0.1, 0.15) is 64.4 Å². The SMILES string of the molecule is CCCn1cc(C2CCCCC2CNC(C)C)cn1. The summed E-state index contributed by atoms with van der Waals surface area (Å²) in [7, 11) is 0. The zero-order valence-electron chi connectivity index (χ0n) is 12.7. The topological polar surface area (TPSA) is 29.9 Å². The Morgan fingerprint density at radius 1 is 1.37 bits per heavy atom. The number of hydrogen-bond acceptors (Lipinski definition) is 2. The summed E-state index contributed by atoms with van der Waals surface area (Å²) in [5.41, 5.74) is 1.46. The molecule has 108 valence electrons. The van der Waals surface area contributed by atoms with E-state index in [1.807, 2.05) is 0 Å². The fourth-order valence-corrected chi connectivity index (χ4v) is 3.20. The van der Waals surface area contributed by atoms with Gasteiger partial charge >= 0.3 is 0 Å². The molecular formula is C16H29N3. The Kier molecular flexibility index (Phi) is 5.44. The van der Waals surface area contributed by atoms with Crippen molar-refractivity contribution in [2.75, 3.05) is 6.54 Å². The molecule has 0 aromatic carbocycles. The molecule has 19 heavy (non-hydrogen) atoms. The normalized spacial score (nSPS) is 24.0. The van der Waals surface area contributed by atoms with Crippen LogP contribution in [0.2, 0.25) is 0 Å². The van der Waals surface area contributed by atoms with Gasteiger partial charge < -0.3 is 5.32 Å². The van der Waals surface area contributed by atoms with Crippen LogP contribution in [0.3, 0.4) is 0 Å². The molecule has 1 fully saturated rings. The lowest BCUT2D eigenvalue weighted by Gasteiger charge is -2.31. The molecule has 2 unspecified atom stereocenters. The van der Waals surface area contributed by atoms with Crippen LogP contribution in [0.5, 0.6) is 0 Å². The highest BCUT2D eigenvalue weighted by atomic mass is 15.3. The molecule has 0 radical (unpaired) electrons. The fourth-order valence-electron chi connectivity index (χ4n) is 3.20. The summed E-state index contributed by atoms with van der Waals surface area (Å²) < 4.78 is 2.11. The van der Waals surface area contributed by atoms with E-state index >= 15 is 0 Å². The van der Waals surface area contributed by atoms with Crippen LogP contribution < -0.4 is 5.32 Å². The molecule has 2 atom stereocenters. The van der Waals surface area contributed by atoms with E-state index in [9.17, 15) is 0 Å². The first-order valence-electron chi connectivity index (χ1n) is 7.96. The molecular weight excluding hydrogens is 234 g/mol. The number of hydrogen-bond donors (Lipinski definition) is 1. The van der Waals surface area contributed by atoms with Crippen molar-refractivity contribution in [3.05, 3.63) is 18.0 Å². The van der Waals surface area contributed by atoms with Gasteiger partial charge in [-0.2, -0.15) is 5.10 Å². The van der Waals surface area contributed by atoms with Crippen molar-refractivity contribution in [1.29, 1.82) is 0 Å². The maximum absolute atomic E-state index is 4.51. The Bertz CT molecular complexity index is 370. The van der Waals surface area contributed by atoms with E-state index in [0.717, 1.165) is 25.4 Å². The standard InChI is InChI=1S/C16H29N3/c1-4-9-19-12-15(11-18-19)16-8-6-5-7-14(16)10-17-13(2)3/h11-14,16-17H,4-10H2,1-3H3. The Labute approximate surface area is 117 Å². The van der Waals surface area contributed by atoms with Crippen molar-refractivity contribution in [1.82, 2.24) is 15.1 Å². The van der Waals surface area contributed by atoms with Crippen molar-refractivity contribution in [2.24, 2.45) is 5.92 Å². The molecule has 1 heterocycles. The Balaban J connectivity index is 2.00. The molecule has 0 bridgehead atoms. The fraction of sp³-hybridized carbons (Fsp3) is 0.812.